The van der Waals surface area contributed by atoms with Gasteiger partial charge in [-0.2, -0.15) is 4.98 Å². The van der Waals surface area contributed by atoms with Crippen molar-refractivity contribution in [3.8, 4) is 0 Å². The summed E-state index contributed by atoms with van der Waals surface area (Å²) in [7, 11) is 0. The van der Waals surface area contributed by atoms with Gasteiger partial charge in [-0.3, -0.25) is 9.36 Å². The maximum Gasteiger partial charge on any atom is 0.351 e. The maximum atomic E-state index is 14.8. The van der Waals surface area contributed by atoms with Crippen LogP contribution < -0.4 is 11.0 Å². The first-order valence-corrected chi connectivity index (χ1v) is 7.93. The lowest BCUT2D eigenvalue weighted by molar-refractivity contribution is -0.0610. The molecule has 138 valence electrons. The molecule has 4 atom stereocenters. The number of alkyl halides is 1. The van der Waals surface area contributed by atoms with Gasteiger partial charge in [-0.1, -0.05) is 18.2 Å². The molecular formula is C17H18FN3O5. The predicted molar refractivity (Wildman–Crippen MR) is 89.4 cm³/mol. The third kappa shape index (κ3) is 3.24. The summed E-state index contributed by atoms with van der Waals surface area (Å²) >= 11 is 0. The van der Waals surface area contributed by atoms with E-state index in [1.807, 2.05) is 0 Å². The van der Waals surface area contributed by atoms with E-state index in [1.54, 1.807) is 30.3 Å². The number of amides is 1. The van der Waals surface area contributed by atoms with Crippen molar-refractivity contribution in [1.29, 1.82) is 0 Å². The van der Waals surface area contributed by atoms with Gasteiger partial charge in [0.1, 0.15) is 18.0 Å². The van der Waals surface area contributed by atoms with Gasteiger partial charge < -0.3 is 20.3 Å². The highest BCUT2D eigenvalue weighted by molar-refractivity contribution is 6.03. The van der Waals surface area contributed by atoms with Gasteiger partial charge >= 0.3 is 5.69 Å². The van der Waals surface area contributed by atoms with E-state index in [0.29, 0.717) is 5.56 Å². The molecule has 3 rings (SSSR count). The fraction of sp³-hybridized carbons (Fsp3) is 0.353. The molecule has 0 bridgehead atoms. The van der Waals surface area contributed by atoms with E-state index in [0.717, 1.165) is 11.5 Å². The van der Waals surface area contributed by atoms with Gasteiger partial charge in [-0.05, 0) is 25.1 Å². The Morgan fingerprint density at radius 3 is 2.65 bits per heavy atom. The summed E-state index contributed by atoms with van der Waals surface area (Å²) in [6.07, 6.45) is -2.99. The number of carbonyl (C=O) groups excluding carboxylic acids is 1. The second-order valence-electron chi connectivity index (χ2n) is 6.13. The Morgan fingerprint density at radius 1 is 1.38 bits per heavy atom. The summed E-state index contributed by atoms with van der Waals surface area (Å²) in [6.45, 7) is 0.486. The van der Waals surface area contributed by atoms with Crippen molar-refractivity contribution in [1.82, 2.24) is 9.55 Å². The summed E-state index contributed by atoms with van der Waals surface area (Å²) in [6, 6.07) is 9.69. The van der Waals surface area contributed by atoms with Gasteiger partial charge in [0.15, 0.2) is 11.9 Å². The molecule has 1 saturated heterocycles. The summed E-state index contributed by atoms with van der Waals surface area (Å²) < 4.78 is 20.9. The second kappa shape index (κ2) is 6.94. The molecular weight excluding hydrogens is 345 g/mol. The number of aromatic nitrogens is 2. The predicted octanol–water partition coefficient (Wildman–Crippen LogP) is 0.474. The van der Waals surface area contributed by atoms with Crippen molar-refractivity contribution in [2.75, 3.05) is 11.9 Å². The SMILES string of the molecule is C[C@@]1(F)C(O)C(CO)OC1n1ccc(NC(=O)c2ccccc2)nc1=O. The molecule has 9 heteroatoms. The molecule has 1 amide bonds. The molecule has 8 nitrogen and oxygen atoms in total. The number of aliphatic hydroxyl groups excluding tert-OH is 2. The Hall–Kier alpha value is -2.62. The highest BCUT2D eigenvalue weighted by atomic mass is 19.1. The third-order valence-corrected chi connectivity index (χ3v) is 4.26. The molecule has 1 aliphatic heterocycles. The van der Waals surface area contributed by atoms with E-state index < -0.39 is 42.3 Å². The van der Waals surface area contributed by atoms with Gasteiger partial charge in [0.2, 0.25) is 0 Å². The lowest BCUT2D eigenvalue weighted by atomic mass is 9.98. The van der Waals surface area contributed by atoms with Crippen molar-refractivity contribution in [2.24, 2.45) is 0 Å². The largest absolute Gasteiger partial charge is 0.394 e. The normalized spacial score (nSPS) is 28.1. The number of nitrogens with zero attached hydrogens (tertiary/aromatic N) is 2. The van der Waals surface area contributed by atoms with E-state index in [1.165, 1.54) is 12.3 Å². The van der Waals surface area contributed by atoms with Crippen LogP contribution in [-0.4, -0.2) is 50.2 Å². The zero-order valence-corrected chi connectivity index (χ0v) is 13.9. The highest BCUT2D eigenvalue weighted by Crippen LogP contribution is 2.40. The van der Waals surface area contributed by atoms with Gasteiger partial charge in [-0.15, -0.1) is 0 Å². The topological polar surface area (TPSA) is 114 Å². The van der Waals surface area contributed by atoms with Crippen LogP contribution in [0.25, 0.3) is 0 Å². The monoisotopic (exact) mass is 363 g/mol. The van der Waals surface area contributed by atoms with Crippen LogP contribution in [0.1, 0.15) is 23.5 Å². The van der Waals surface area contributed by atoms with Crippen LogP contribution >= 0.6 is 0 Å². The van der Waals surface area contributed by atoms with Crippen molar-refractivity contribution in [3.05, 3.63) is 58.6 Å². The maximum absolute atomic E-state index is 14.8. The first-order valence-electron chi connectivity index (χ1n) is 7.93. The summed E-state index contributed by atoms with van der Waals surface area (Å²) in [5.74, 6) is -0.448. The third-order valence-electron chi connectivity index (χ3n) is 4.26. The minimum Gasteiger partial charge on any atom is -0.394 e. The number of hydrogen-bond donors (Lipinski definition) is 3. The van der Waals surface area contributed by atoms with Crippen molar-refractivity contribution < 1.29 is 24.1 Å². The molecule has 26 heavy (non-hydrogen) atoms. The quantitative estimate of drug-likeness (QED) is 0.728. The van der Waals surface area contributed by atoms with Crippen LogP contribution in [0, 0.1) is 0 Å². The molecule has 0 aliphatic carbocycles. The van der Waals surface area contributed by atoms with Crippen LogP contribution in [0.15, 0.2) is 47.4 Å². The molecule has 0 spiro atoms. The van der Waals surface area contributed by atoms with Gasteiger partial charge in [0.25, 0.3) is 5.91 Å². The van der Waals surface area contributed by atoms with Crippen LogP contribution in [0.3, 0.4) is 0 Å². The second-order valence-corrected chi connectivity index (χ2v) is 6.13. The number of anilines is 1. The van der Waals surface area contributed by atoms with Crippen molar-refractivity contribution in [2.45, 2.75) is 31.0 Å². The van der Waals surface area contributed by atoms with Crippen LogP contribution in [-0.2, 0) is 4.74 Å². The Kier molecular flexibility index (Phi) is 4.86. The number of rotatable bonds is 4. The van der Waals surface area contributed by atoms with Crippen LogP contribution in [0.5, 0.6) is 0 Å². The molecule has 1 aromatic carbocycles. The first kappa shape index (κ1) is 18.2. The van der Waals surface area contributed by atoms with Gasteiger partial charge in [0, 0.05) is 11.8 Å². The number of nitrogens with one attached hydrogen (secondary N) is 1. The molecule has 3 N–H and O–H groups in total. The molecule has 0 radical (unpaired) electrons. The summed E-state index contributed by atoms with van der Waals surface area (Å²) in [5, 5.41) is 21.5. The number of carbonyl (C=O) groups is 1. The number of benzene rings is 1. The average Bonchev–Trinajstić information content (AvgIpc) is 2.85. The Bertz CT molecular complexity index is 855. The number of hydrogen-bond acceptors (Lipinski definition) is 6. The number of aliphatic hydroxyl groups is 2. The summed E-state index contributed by atoms with van der Waals surface area (Å²) in [4.78, 5) is 28.0. The average molecular weight is 363 g/mol. The van der Waals surface area contributed by atoms with E-state index in [-0.39, 0.29) is 5.82 Å². The highest BCUT2D eigenvalue weighted by Gasteiger charge is 2.55. The standard InChI is InChI=1S/C17H18FN3O5/c1-17(18)13(23)11(9-22)26-15(17)21-8-7-12(20-16(21)25)19-14(24)10-5-3-2-4-6-10/h2-8,11,13,15,22-23H,9H2,1H3,(H,19,20,24,25)/t11?,13?,15?,17-/m1/s1. The van der Waals surface area contributed by atoms with E-state index >= 15 is 0 Å². The smallest absolute Gasteiger partial charge is 0.351 e. The molecule has 2 aromatic rings. The van der Waals surface area contributed by atoms with E-state index in [2.05, 4.69) is 10.3 Å². The Labute approximate surface area is 147 Å². The molecule has 1 fully saturated rings. The zero-order chi connectivity index (χ0) is 18.9. The fourth-order valence-electron chi connectivity index (χ4n) is 2.80. The van der Waals surface area contributed by atoms with Gasteiger partial charge in [-0.25, -0.2) is 9.18 Å². The minimum atomic E-state index is -2.30. The van der Waals surface area contributed by atoms with Crippen molar-refractivity contribution in [3.63, 3.8) is 0 Å². The van der Waals surface area contributed by atoms with Crippen LogP contribution in [0.4, 0.5) is 10.2 Å². The summed E-state index contributed by atoms with van der Waals surface area (Å²) in [5.41, 5.74) is -2.77. The minimum absolute atomic E-state index is 0.00193. The number of halogens is 1. The molecule has 0 saturated carbocycles. The number of ether oxygens (including phenoxy) is 1. The van der Waals surface area contributed by atoms with Crippen LogP contribution in [0.2, 0.25) is 0 Å². The van der Waals surface area contributed by atoms with E-state index in [9.17, 15) is 19.1 Å². The molecule has 1 aliphatic rings. The molecule has 1 aromatic heterocycles. The fourth-order valence-corrected chi connectivity index (χ4v) is 2.80. The lowest BCUT2D eigenvalue weighted by Gasteiger charge is -2.24. The van der Waals surface area contributed by atoms with Crippen molar-refractivity contribution >= 4 is 11.7 Å². The zero-order valence-electron chi connectivity index (χ0n) is 13.9. The molecule has 2 heterocycles. The Balaban J connectivity index is 1.82. The van der Waals surface area contributed by atoms with E-state index in [4.69, 9.17) is 9.84 Å². The molecule has 3 unspecified atom stereocenters. The first-order chi connectivity index (χ1) is 12.3. The van der Waals surface area contributed by atoms with Gasteiger partial charge in [0.05, 0.1) is 6.61 Å². The lowest BCUT2D eigenvalue weighted by Crippen LogP contribution is -2.42. The Morgan fingerprint density at radius 2 is 2.08 bits per heavy atom.